The third kappa shape index (κ3) is 2.60. The van der Waals surface area contributed by atoms with Crippen molar-refractivity contribution in [2.24, 2.45) is 5.92 Å². The molecule has 0 aromatic carbocycles. The summed E-state index contributed by atoms with van der Waals surface area (Å²) in [7, 11) is 0. The van der Waals surface area contributed by atoms with E-state index >= 15 is 0 Å². The minimum absolute atomic E-state index is 0.776. The molecule has 0 aliphatic heterocycles. The average Bonchev–Trinajstić information content (AvgIpc) is 2.78. The van der Waals surface area contributed by atoms with E-state index in [4.69, 9.17) is 4.98 Å². The van der Waals surface area contributed by atoms with Gasteiger partial charge in [-0.1, -0.05) is 20.3 Å². The summed E-state index contributed by atoms with van der Waals surface area (Å²) in [6.07, 6.45) is 8.03. The molecular weight excluding hydrogens is 202 g/mol. The normalized spacial score (nSPS) is 26.8. The maximum Gasteiger partial charge on any atom is 0.0959 e. The van der Waals surface area contributed by atoms with Gasteiger partial charge in [0.25, 0.3) is 0 Å². The summed E-state index contributed by atoms with van der Waals surface area (Å²) in [6, 6.07) is 0. The van der Waals surface area contributed by atoms with Gasteiger partial charge in [0.2, 0.25) is 0 Å². The fraction of sp³-hybridized carbons (Fsp3) is 0.769. The molecule has 0 bridgehead atoms. The highest BCUT2D eigenvalue weighted by Crippen LogP contribution is 2.37. The van der Waals surface area contributed by atoms with Crippen molar-refractivity contribution in [1.82, 2.24) is 4.98 Å². The zero-order valence-electron chi connectivity index (χ0n) is 9.83. The van der Waals surface area contributed by atoms with Gasteiger partial charge in [-0.3, -0.25) is 0 Å². The second-order valence-corrected chi connectivity index (χ2v) is 5.55. The van der Waals surface area contributed by atoms with Crippen LogP contribution in [0.3, 0.4) is 0 Å². The molecule has 0 unspecified atom stereocenters. The Balaban J connectivity index is 1.95. The predicted octanol–water partition coefficient (Wildman–Crippen LogP) is 4.39. The van der Waals surface area contributed by atoms with E-state index in [0.717, 1.165) is 18.3 Å². The van der Waals surface area contributed by atoms with Crippen LogP contribution in [0.2, 0.25) is 0 Å². The Morgan fingerprint density at radius 2 is 2.00 bits per heavy atom. The molecule has 84 valence electrons. The van der Waals surface area contributed by atoms with Crippen LogP contribution in [0.4, 0.5) is 0 Å². The summed E-state index contributed by atoms with van der Waals surface area (Å²) in [5, 5.41) is 3.64. The van der Waals surface area contributed by atoms with E-state index < -0.39 is 0 Å². The van der Waals surface area contributed by atoms with Gasteiger partial charge in [0.15, 0.2) is 0 Å². The highest BCUT2D eigenvalue weighted by atomic mass is 32.1. The molecule has 0 radical (unpaired) electrons. The van der Waals surface area contributed by atoms with Crippen LogP contribution in [-0.4, -0.2) is 4.98 Å². The minimum Gasteiger partial charge on any atom is -0.246 e. The van der Waals surface area contributed by atoms with Gasteiger partial charge >= 0.3 is 0 Å². The van der Waals surface area contributed by atoms with E-state index in [9.17, 15) is 0 Å². The highest BCUT2D eigenvalue weighted by Gasteiger charge is 2.23. The van der Waals surface area contributed by atoms with Crippen LogP contribution < -0.4 is 0 Å². The minimum atomic E-state index is 0.776. The van der Waals surface area contributed by atoms with E-state index in [1.165, 1.54) is 42.8 Å². The third-order valence-corrected chi connectivity index (χ3v) is 4.76. The molecule has 1 aliphatic carbocycles. The van der Waals surface area contributed by atoms with E-state index in [-0.39, 0.29) is 0 Å². The topological polar surface area (TPSA) is 12.9 Å². The third-order valence-electron chi connectivity index (χ3n) is 3.71. The number of aromatic nitrogens is 1. The van der Waals surface area contributed by atoms with Crippen molar-refractivity contribution >= 4 is 11.3 Å². The number of aryl methyl sites for hydroxylation is 1. The van der Waals surface area contributed by atoms with Crippen LogP contribution in [0, 0.1) is 5.92 Å². The standard InChI is InChI=1S/C13H21NS/c1-3-10-5-7-11(8-6-10)13-14-12(4-2)9-15-13/h9-11H,3-8H2,1-2H3. The maximum absolute atomic E-state index is 4.72. The summed E-state index contributed by atoms with van der Waals surface area (Å²) in [5.41, 5.74) is 1.28. The van der Waals surface area contributed by atoms with Crippen molar-refractivity contribution in [2.45, 2.75) is 58.3 Å². The fourth-order valence-corrected chi connectivity index (χ4v) is 3.56. The number of hydrogen-bond donors (Lipinski definition) is 0. The molecule has 1 saturated carbocycles. The Labute approximate surface area is 96.9 Å². The molecule has 15 heavy (non-hydrogen) atoms. The molecule has 2 heteroatoms. The molecule has 1 heterocycles. The fourth-order valence-electron chi connectivity index (χ4n) is 2.49. The lowest BCUT2D eigenvalue weighted by Crippen LogP contribution is -2.12. The summed E-state index contributed by atoms with van der Waals surface area (Å²) in [6.45, 7) is 4.51. The molecule has 1 aliphatic rings. The van der Waals surface area contributed by atoms with E-state index in [2.05, 4.69) is 19.2 Å². The van der Waals surface area contributed by atoms with Crippen LogP contribution in [-0.2, 0) is 6.42 Å². The quantitative estimate of drug-likeness (QED) is 0.740. The van der Waals surface area contributed by atoms with Crippen molar-refractivity contribution in [3.05, 3.63) is 16.1 Å². The van der Waals surface area contributed by atoms with Gasteiger partial charge in [-0.2, -0.15) is 0 Å². The van der Waals surface area contributed by atoms with Gasteiger partial charge in [-0.15, -0.1) is 11.3 Å². The number of rotatable bonds is 3. The molecule has 0 spiro atoms. The largest absolute Gasteiger partial charge is 0.246 e. The van der Waals surface area contributed by atoms with E-state index in [1.54, 1.807) is 0 Å². The van der Waals surface area contributed by atoms with Crippen LogP contribution in [0.25, 0.3) is 0 Å². The molecule has 1 aromatic rings. The van der Waals surface area contributed by atoms with Gasteiger partial charge in [0, 0.05) is 11.3 Å². The van der Waals surface area contributed by atoms with Crippen molar-refractivity contribution in [3.8, 4) is 0 Å². The number of hydrogen-bond acceptors (Lipinski definition) is 2. The highest BCUT2D eigenvalue weighted by molar-refractivity contribution is 7.09. The first kappa shape index (κ1) is 11.1. The lowest BCUT2D eigenvalue weighted by molar-refractivity contribution is 0.318. The summed E-state index contributed by atoms with van der Waals surface area (Å²) in [4.78, 5) is 4.72. The van der Waals surface area contributed by atoms with Crippen LogP contribution in [0.1, 0.15) is 62.6 Å². The molecule has 0 N–H and O–H groups in total. The summed E-state index contributed by atoms with van der Waals surface area (Å²) < 4.78 is 0. The molecule has 0 atom stereocenters. The number of nitrogens with zero attached hydrogens (tertiary/aromatic N) is 1. The zero-order valence-corrected chi connectivity index (χ0v) is 10.6. The molecule has 0 saturated heterocycles. The van der Waals surface area contributed by atoms with Crippen molar-refractivity contribution in [3.63, 3.8) is 0 Å². The second kappa shape index (κ2) is 5.11. The zero-order chi connectivity index (χ0) is 10.7. The Kier molecular flexibility index (Phi) is 3.79. The van der Waals surface area contributed by atoms with Gasteiger partial charge < -0.3 is 0 Å². The van der Waals surface area contributed by atoms with E-state index in [1.807, 2.05) is 11.3 Å². The lowest BCUT2D eigenvalue weighted by atomic mass is 9.81. The second-order valence-electron chi connectivity index (χ2n) is 4.66. The summed E-state index contributed by atoms with van der Waals surface area (Å²) >= 11 is 1.88. The van der Waals surface area contributed by atoms with Gasteiger partial charge in [0.1, 0.15) is 0 Å². The van der Waals surface area contributed by atoms with Gasteiger partial charge in [0.05, 0.1) is 10.7 Å². The SMILES string of the molecule is CCc1csc(C2CCC(CC)CC2)n1. The Morgan fingerprint density at radius 1 is 1.27 bits per heavy atom. The molecule has 0 amide bonds. The molecule has 1 aromatic heterocycles. The average molecular weight is 223 g/mol. The first-order valence-electron chi connectivity index (χ1n) is 6.27. The van der Waals surface area contributed by atoms with Gasteiger partial charge in [-0.05, 0) is 38.0 Å². The van der Waals surface area contributed by atoms with Crippen molar-refractivity contribution in [1.29, 1.82) is 0 Å². The molecule has 1 fully saturated rings. The van der Waals surface area contributed by atoms with Crippen molar-refractivity contribution < 1.29 is 0 Å². The predicted molar refractivity (Wildman–Crippen MR) is 66.5 cm³/mol. The van der Waals surface area contributed by atoms with Gasteiger partial charge in [-0.25, -0.2) is 4.98 Å². The Morgan fingerprint density at radius 3 is 2.53 bits per heavy atom. The van der Waals surface area contributed by atoms with Crippen LogP contribution in [0.15, 0.2) is 5.38 Å². The first-order chi connectivity index (χ1) is 7.33. The number of thiazole rings is 1. The smallest absolute Gasteiger partial charge is 0.0959 e. The molecule has 2 rings (SSSR count). The Bertz CT molecular complexity index is 297. The van der Waals surface area contributed by atoms with Crippen molar-refractivity contribution in [2.75, 3.05) is 0 Å². The summed E-state index contributed by atoms with van der Waals surface area (Å²) in [5.74, 6) is 1.77. The first-order valence-corrected chi connectivity index (χ1v) is 7.15. The monoisotopic (exact) mass is 223 g/mol. The molecule has 1 nitrogen and oxygen atoms in total. The molecular formula is C13H21NS. The maximum atomic E-state index is 4.72. The lowest BCUT2D eigenvalue weighted by Gasteiger charge is -2.26. The van der Waals surface area contributed by atoms with Crippen LogP contribution >= 0.6 is 11.3 Å². The van der Waals surface area contributed by atoms with Crippen LogP contribution in [0.5, 0.6) is 0 Å². The Hall–Kier alpha value is -0.370. The van der Waals surface area contributed by atoms with E-state index in [0.29, 0.717) is 0 Å².